The Bertz CT molecular complexity index is 720. The molecule has 2 aliphatic rings. The summed E-state index contributed by atoms with van der Waals surface area (Å²) in [6.07, 6.45) is 4.34. The average Bonchev–Trinajstić information content (AvgIpc) is 3.27. The van der Waals surface area contributed by atoms with Crippen LogP contribution in [0.2, 0.25) is 5.02 Å². The van der Waals surface area contributed by atoms with Crippen LogP contribution in [0, 0.1) is 0 Å². The fraction of sp³-hybridized carbons (Fsp3) is 0.421. The van der Waals surface area contributed by atoms with Crippen LogP contribution in [0.3, 0.4) is 0 Å². The molecule has 1 saturated heterocycles. The minimum atomic E-state index is 0.253. The van der Waals surface area contributed by atoms with Gasteiger partial charge in [0, 0.05) is 43.5 Å². The third kappa shape index (κ3) is 4.06. The number of aromatic nitrogens is 1. The molecule has 0 N–H and O–H groups in total. The van der Waals surface area contributed by atoms with Crippen LogP contribution < -0.4 is 9.47 Å². The van der Waals surface area contributed by atoms with E-state index in [1.165, 1.54) is 0 Å². The summed E-state index contributed by atoms with van der Waals surface area (Å²) >= 11 is 6.46. The highest BCUT2D eigenvalue weighted by Crippen LogP contribution is 2.37. The molecule has 0 saturated carbocycles. The summed E-state index contributed by atoms with van der Waals surface area (Å²) in [4.78, 5) is 6.79. The van der Waals surface area contributed by atoms with Crippen molar-refractivity contribution in [3.05, 3.63) is 52.8 Å². The van der Waals surface area contributed by atoms with Crippen molar-refractivity contribution in [2.45, 2.75) is 32.0 Å². The Balaban J connectivity index is 1.52. The highest BCUT2D eigenvalue weighted by Gasteiger charge is 2.22. The fourth-order valence-electron chi connectivity index (χ4n) is 3.30. The van der Waals surface area contributed by atoms with E-state index >= 15 is 0 Å². The zero-order valence-electron chi connectivity index (χ0n) is 14.0. The maximum atomic E-state index is 6.46. The van der Waals surface area contributed by atoms with Gasteiger partial charge in [-0.25, -0.2) is 0 Å². The van der Waals surface area contributed by atoms with Crippen molar-refractivity contribution in [3.8, 4) is 11.5 Å². The average molecular weight is 361 g/mol. The van der Waals surface area contributed by atoms with Crippen LogP contribution in [-0.2, 0) is 17.8 Å². The first-order valence-electron chi connectivity index (χ1n) is 8.60. The van der Waals surface area contributed by atoms with Gasteiger partial charge in [-0.15, -0.1) is 0 Å². The molecule has 0 aliphatic carbocycles. The van der Waals surface area contributed by atoms with Crippen molar-refractivity contribution in [1.29, 1.82) is 0 Å². The Morgan fingerprint density at radius 2 is 2.04 bits per heavy atom. The highest BCUT2D eigenvalue weighted by atomic mass is 35.5. The third-order valence-corrected chi connectivity index (χ3v) is 4.88. The predicted molar refractivity (Wildman–Crippen MR) is 94.9 cm³/mol. The minimum Gasteiger partial charge on any atom is -0.454 e. The number of ether oxygens (including phenoxy) is 3. The van der Waals surface area contributed by atoms with Crippen molar-refractivity contribution in [2.24, 2.45) is 0 Å². The number of nitrogens with zero attached hydrogens (tertiary/aromatic N) is 2. The summed E-state index contributed by atoms with van der Waals surface area (Å²) in [7, 11) is 0. The Labute approximate surface area is 152 Å². The number of halogens is 1. The second-order valence-corrected chi connectivity index (χ2v) is 6.83. The minimum absolute atomic E-state index is 0.253. The molecule has 1 fully saturated rings. The molecule has 4 rings (SSSR count). The number of pyridine rings is 1. The van der Waals surface area contributed by atoms with E-state index in [9.17, 15) is 0 Å². The second-order valence-electron chi connectivity index (χ2n) is 6.42. The van der Waals surface area contributed by atoms with Crippen LogP contribution in [0.1, 0.15) is 24.1 Å². The quantitative estimate of drug-likeness (QED) is 0.786. The Kier molecular flexibility index (Phi) is 5.06. The monoisotopic (exact) mass is 360 g/mol. The van der Waals surface area contributed by atoms with E-state index < -0.39 is 0 Å². The first-order valence-corrected chi connectivity index (χ1v) is 8.97. The summed E-state index contributed by atoms with van der Waals surface area (Å²) in [6.45, 7) is 3.44. The molecule has 0 bridgehead atoms. The van der Waals surface area contributed by atoms with Crippen molar-refractivity contribution in [2.75, 3.05) is 19.9 Å². The van der Waals surface area contributed by atoms with E-state index in [1.54, 1.807) is 0 Å². The van der Waals surface area contributed by atoms with E-state index in [0.717, 1.165) is 49.5 Å². The van der Waals surface area contributed by atoms with Crippen LogP contribution in [0.25, 0.3) is 0 Å². The van der Waals surface area contributed by atoms with Gasteiger partial charge in [-0.2, -0.15) is 0 Å². The molecule has 1 atom stereocenters. The van der Waals surface area contributed by atoms with Gasteiger partial charge in [0.2, 0.25) is 6.79 Å². The molecule has 3 heterocycles. The normalized spacial score (nSPS) is 18.9. The summed E-state index contributed by atoms with van der Waals surface area (Å²) in [5, 5.41) is 0.697. The van der Waals surface area contributed by atoms with Crippen molar-refractivity contribution < 1.29 is 14.2 Å². The fourth-order valence-corrected chi connectivity index (χ4v) is 3.52. The van der Waals surface area contributed by atoms with Crippen molar-refractivity contribution >= 4 is 11.6 Å². The van der Waals surface area contributed by atoms with Gasteiger partial charge < -0.3 is 14.2 Å². The number of hydrogen-bond donors (Lipinski definition) is 0. The molecule has 2 aromatic rings. The Morgan fingerprint density at radius 3 is 2.80 bits per heavy atom. The molecule has 2 aliphatic heterocycles. The van der Waals surface area contributed by atoms with Gasteiger partial charge in [0.1, 0.15) is 0 Å². The summed E-state index contributed by atoms with van der Waals surface area (Å²) in [5.74, 6) is 1.47. The molecule has 1 aromatic carbocycles. The first-order chi connectivity index (χ1) is 12.3. The standard InChI is InChI=1S/C19H21ClN2O3/c20-17-9-19-18(24-13-25-19)8-14(17)10-22(12-16-5-3-7-23-16)11-15-4-1-2-6-21-15/h1-2,4,6,8-9,16H,3,5,7,10-13H2/t16-/m0/s1. The lowest BCUT2D eigenvalue weighted by molar-refractivity contribution is 0.0675. The van der Waals surface area contributed by atoms with Gasteiger partial charge in [0.15, 0.2) is 11.5 Å². The second kappa shape index (κ2) is 7.60. The summed E-state index contributed by atoms with van der Waals surface area (Å²) in [5.41, 5.74) is 2.07. The number of fused-ring (bicyclic) bond motifs is 1. The molecule has 0 amide bonds. The molecule has 0 spiro atoms. The Morgan fingerprint density at radius 1 is 1.16 bits per heavy atom. The van der Waals surface area contributed by atoms with Crippen LogP contribution in [0.15, 0.2) is 36.5 Å². The highest BCUT2D eigenvalue weighted by molar-refractivity contribution is 6.31. The van der Waals surface area contributed by atoms with E-state index in [0.29, 0.717) is 17.3 Å². The van der Waals surface area contributed by atoms with Crippen LogP contribution in [-0.4, -0.2) is 35.9 Å². The maximum Gasteiger partial charge on any atom is 0.231 e. The largest absolute Gasteiger partial charge is 0.454 e. The molecule has 0 radical (unpaired) electrons. The molecule has 132 valence electrons. The number of rotatable bonds is 6. The lowest BCUT2D eigenvalue weighted by atomic mass is 10.1. The Hall–Kier alpha value is -1.82. The van der Waals surface area contributed by atoms with E-state index in [1.807, 2.05) is 36.5 Å². The topological polar surface area (TPSA) is 43.8 Å². The molecular formula is C19H21ClN2O3. The van der Waals surface area contributed by atoms with Gasteiger partial charge in [-0.1, -0.05) is 17.7 Å². The first kappa shape index (κ1) is 16.6. The van der Waals surface area contributed by atoms with Gasteiger partial charge in [-0.3, -0.25) is 9.88 Å². The van der Waals surface area contributed by atoms with Gasteiger partial charge >= 0.3 is 0 Å². The third-order valence-electron chi connectivity index (χ3n) is 4.53. The maximum absolute atomic E-state index is 6.46. The summed E-state index contributed by atoms with van der Waals surface area (Å²) in [6, 6.07) is 9.81. The van der Waals surface area contributed by atoms with Crippen LogP contribution in [0.5, 0.6) is 11.5 Å². The number of hydrogen-bond acceptors (Lipinski definition) is 5. The van der Waals surface area contributed by atoms with Crippen molar-refractivity contribution in [3.63, 3.8) is 0 Å². The lowest BCUT2D eigenvalue weighted by Crippen LogP contribution is -2.31. The lowest BCUT2D eigenvalue weighted by Gasteiger charge is -2.25. The number of benzene rings is 1. The predicted octanol–water partition coefficient (Wildman–Crippen LogP) is 3.64. The van der Waals surface area contributed by atoms with Crippen LogP contribution in [0.4, 0.5) is 0 Å². The molecule has 6 heteroatoms. The summed E-state index contributed by atoms with van der Waals surface area (Å²) < 4.78 is 16.7. The molecule has 0 unspecified atom stereocenters. The van der Waals surface area contributed by atoms with Gasteiger partial charge in [-0.05, 0) is 36.6 Å². The van der Waals surface area contributed by atoms with Gasteiger partial charge in [0.05, 0.1) is 11.8 Å². The van der Waals surface area contributed by atoms with Gasteiger partial charge in [0.25, 0.3) is 0 Å². The molecular weight excluding hydrogens is 340 g/mol. The zero-order chi connectivity index (χ0) is 17.1. The van der Waals surface area contributed by atoms with E-state index in [-0.39, 0.29) is 12.9 Å². The molecule has 5 nitrogen and oxygen atoms in total. The smallest absolute Gasteiger partial charge is 0.231 e. The SMILES string of the molecule is Clc1cc2c(cc1CN(Cc1ccccn1)C[C@@H]1CCCO1)OCO2. The molecule has 1 aromatic heterocycles. The van der Waals surface area contributed by atoms with E-state index in [2.05, 4.69) is 9.88 Å². The van der Waals surface area contributed by atoms with E-state index in [4.69, 9.17) is 25.8 Å². The zero-order valence-corrected chi connectivity index (χ0v) is 14.7. The van der Waals surface area contributed by atoms with Crippen molar-refractivity contribution in [1.82, 2.24) is 9.88 Å². The molecule has 25 heavy (non-hydrogen) atoms. The van der Waals surface area contributed by atoms with Crippen LogP contribution >= 0.6 is 11.6 Å².